The molecule has 4 nitrogen and oxygen atoms in total. The fraction of sp³-hybridized carbons (Fsp3) is 0.467. The highest BCUT2D eigenvalue weighted by atomic mass is 16.2. The third-order valence-corrected chi connectivity index (χ3v) is 3.17. The van der Waals surface area contributed by atoms with Crippen molar-refractivity contribution in [1.82, 2.24) is 0 Å². The molecule has 0 aliphatic rings. The topological polar surface area (TPSA) is 58.2 Å². The van der Waals surface area contributed by atoms with Gasteiger partial charge in [0.1, 0.15) is 0 Å². The van der Waals surface area contributed by atoms with Crippen molar-refractivity contribution in [3.8, 4) is 0 Å². The molecule has 0 unspecified atom stereocenters. The van der Waals surface area contributed by atoms with Crippen molar-refractivity contribution >= 4 is 23.2 Å². The lowest BCUT2D eigenvalue weighted by atomic mass is 10.0. The molecule has 0 atom stereocenters. The van der Waals surface area contributed by atoms with Gasteiger partial charge in [-0.2, -0.15) is 0 Å². The molecule has 0 saturated carbocycles. The van der Waals surface area contributed by atoms with E-state index in [2.05, 4.69) is 10.6 Å². The number of hydrogen-bond donors (Lipinski definition) is 2. The van der Waals surface area contributed by atoms with Crippen LogP contribution in [0.2, 0.25) is 0 Å². The maximum atomic E-state index is 12.1. The van der Waals surface area contributed by atoms with Crippen molar-refractivity contribution in [2.75, 3.05) is 10.6 Å². The van der Waals surface area contributed by atoms with Gasteiger partial charge in [0.25, 0.3) is 0 Å². The molecule has 0 radical (unpaired) electrons. The first kappa shape index (κ1) is 15.2. The Labute approximate surface area is 114 Å². The maximum absolute atomic E-state index is 12.1. The van der Waals surface area contributed by atoms with Gasteiger partial charge in [0.15, 0.2) is 0 Å². The molecule has 0 bridgehead atoms. The molecule has 2 amide bonds. The van der Waals surface area contributed by atoms with Gasteiger partial charge in [-0.1, -0.05) is 19.9 Å². The molecule has 0 aliphatic heterocycles. The number of nitrogens with one attached hydrogen (secondary N) is 2. The van der Waals surface area contributed by atoms with Crippen LogP contribution < -0.4 is 10.6 Å². The summed E-state index contributed by atoms with van der Waals surface area (Å²) in [4.78, 5) is 23.1. The second kappa shape index (κ2) is 6.92. The van der Waals surface area contributed by atoms with E-state index in [-0.39, 0.29) is 17.7 Å². The molecule has 1 aromatic rings. The lowest BCUT2D eigenvalue weighted by Gasteiger charge is -2.15. The lowest BCUT2D eigenvalue weighted by molar-refractivity contribution is -0.120. The summed E-state index contributed by atoms with van der Waals surface area (Å²) < 4.78 is 0. The van der Waals surface area contributed by atoms with Gasteiger partial charge in [0.05, 0.1) is 0 Å². The molecule has 4 heteroatoms. The molecule has 0 fully saturated rings. The van der Waals surface area contributed by atoms with Gasteiger partial charge in [-0.05, 0) is 37.5 Å². The van der Waals surface area contributed by atoms with Gasteiger partial charge >= 0.3 is 0 Å². The zero-order valence-corrected chi connectivity index (χ0v) is 12.0. The summed E-state index contributed by atoms with van der Waals surface area (Å²) >= 11 is 0. The van der Waals surface area contributed by atoms with E-state index in [9.17, 15) is 9.59 Å². The van der Waals surface area contributed by atoms with Crippen LogP contribution in [0.15, 0.2) is 18.2 Å². The van der Waals surface area contributed by atoms with Crippen LogP contribution >= 0.6 is 0 Å². The minimum Gasteiger partial charge on any atom is -0.326 e. The normalized spacial score (nSPS) is 10.4. The summed E-state index contributed by atoms with van der Waals surface area (Å²) in [5, 5.41) is 5.65. The molecule has 2 N–H and O–H groups in total. The van der Waals surface area contributed by atoms with Crippen molar-refractivity contribution in [3.63, 3.8) is 0 Å². The largest absolute Gasteiger partial charge is 0.326 e. The molecule has 104 valence electrons. The van der Waals surface area contributed by atoms with Crippen LogP contribution in [0.5, 0.6) is 0 Å². The summed E-state index contributed by atoms with van der Waals surface area (Å²) in [6.45, 7) is 7.41. The van der Waals surface area contributed by atoms with Gasteiger partial charge in [0, 0.05) is 24.2 Å². The smallest absolute Gasteiger partial charge is 0.227 e. The van der Waals surface area contributed by atoms with E-state index in [0.717, 1.165) is 24.1 Å². The Morgan fingerprint density at radius 3 is 2.32 bits per heavy atom. The average molecular weight is 262 g/mol. The summed E-state index contributed by atoms with van der Waals surface area (Å²) in [5.41, 5.74) is 2.43. The van der Waals surface area contributed by atoms with E-state index in [1.807, 2.05) is 32.9 Å². The van der Waals surface area contributed by atoms with Gasteiger partial charge in [-0.3, -0.25) is 9.59 Å². The predicted molar refractivity (Wildman–Crippen MR) is 78.2 cm³/mol. The third-order valence-electron chi connectivity index (χ3n) is 3.17. The molecule has 19 heavy (non-hydrogen) atoms. The van der Waals surface area contributed by atoms with E-state index < -0.39 is 0 Å². The van der Waals surface area contributed by atoms with Crippen LogP contribution in [0.1, 0.15) is 39.2 Å². The van der Waals surface area contributed by atoms with E-state index in [0.29, 0.717) is 5.69 Å². The lowest BCUT2D eigenvalue weighted by Crippen LogP contribution is -2.22. The Kier molecular flexibility index (Phi) is 5.55. The quantitative estimate of drug-likeness (QED) is 0.855. The van der Waals surface area contributed by atoms with Crippen molar-refractivity contribution in [1.29, 1.82) is 0 Å². The first-order valence-corrected chi connectivity index (χ1v) is 6.67. The second-order valence-electron chi connectivity index (χ2n) is 4.71. The zero-order chi connectivity index (χ0) is 14.4. The van der Waals surface area contributed by atoms with E-state index in [4.69, 9.17) is 0 Å². The fourth-order valence-corrected chi connectivity index (χ4v) is 1.93. The first-order chi connectivity index (χ1) is 8.97. The highest BCUT2D eigenvalue weighted by Crippen LogP contribution is 2.22. The molecule has 0 saturated heterocycles. The minimum absolute atomic E-state index is 0.0313. The molecular formula is C15H22N2O2. The predicted octanol–water partition coefficient (Wildman–Crippen LogP) is 3.33. The van der Waals surface area contributed by atoms with E-state index >= 15 is 0 Å². The van der Waals surface area contributed by atoms with Crippen molar-refractivity contribution in [2.45, 2.75) is 40.5 Å². The Hall–Kier alpha value is -1.84. The third kappa shape index (κ3) is 4.39. The average Bonchev–Trinajstić information content (AvgIpc) is 2.34. The maximum Gasteiger partial charge on any atom is 0.227 e. The Morgan fingerprint density at radius 1 is 1.16 bits per heavy atom. The Morgan fingerprint density at radius 2 is 1.79 bits per heavy atom. The summed E-state index contributed by atoms with van der Waals surface area (Å²) in [6.07, 6.45) is 1.65. The Balaban J connectivity index is 2.87. The monoisotopic (exact) mass is 262 g/mol. The van der Waals surface area contributed by atoms with Crippen LogP contribution in [0.25, 0.3) is 0 Å². The number of carbonyl (C=O) groups is 2. The molecule has 0 aliphatic carbocycles. The van der Waals surface area contributed by atoms with E-state index in [1.165, 1.54) is 6.92 Å². The summed E-state index contributed by atoms with van der Waals surface area (Å²) in [5.74, 6) is -0.0574. The number of aryl methyl sites for hydroxylation is 1. The van der Waals surface area contributed by atoms with Gasteiger partial charge < -0.3 is 10.6 Å². The minimum atomic E-state index is -0.124. The fourth-order valence-electron chi connectivity index (χ4n) is 1.93. The van der Waals surface area contributed by atoms with Crippen LogP contribution in [0, 0.1) is 12.8 Å². The number of benzene rings is 1. The van der Waals surface area contributed by atoms with Crippen molar-refractivity contribution < 1.29 is 9.59 Å². The van der Waals surface area contributed by atoms with Gasteiger partial charge in [0.2, 0.25) is 11.8 Å². The zero-order valence-electron chi connectivity index (χ0n) is 12.0. The highest BCUT2D eigenvalue weighted by Gasteiger charge is 2.15. The first-order valence-electron chi connectivity index (χ1n) is 6.67. The Bertz CT molecular complexity index is 465. The summed E-state index contributed by atoms with van der Waals surface area (Å²) in [7, 11) is 0. The molecular weight excluding hydrogens is 240 g/mol. The van der Waals surface area contributed by atoms with E-state index in [1.54, 1.807) is 6.07 Å². The van der Waals surface area contributed by atoms with Crippen LogP contribution in [-0.2, 0) is 9.59 Å². The van der Waals surface area contributed by atoms with Gasteiger partial charge in [-0.15, -0.1) is 0 Å². The number of hydrogen-bond acceptors (Lipinski definition) is 2. The number of amides is 2. The van der Waals surface area contributed by atoms with Gasteiger partial charge in [-0.25, -0.2) is 0 Å². The second-order valence-corrected chi connectivity index (χ2v) is 4.71. The van der Waals surface area contributed by atoms with Crippen LogP contribution in [-0.4, -0.2) is 11.8 Å². The van der Waals surface area contributed by atoms with Crippen molar-refractivity contribution in [2.24, 2.45) is 5.92 Å². The molecule has 1 rings (SSSR count). The van der Waals surface area contributed by atoms with Crippen LogP contribution in [0.3, 0.4) is 0 Å². The summed E-state index contributed by atoms with van der Waals surface area (Å²) in [6, 6.07) is 5.49. The molecule has 0 aromatic heterocycles. The molecule has 0 spiro atoms. The van der Waals surface area contributed by atoms with Crippen LogP contribution in [0.4, 0.5) is 11.4 Å². The standard InChI is InChI=1S/C15H22N2O2/c1-5-12(6-2)15(19)17-14-9-13(16-11(4)18)8-7-10(14)3/h7-9,12H,5-6H2,1-4H3,(H,16,18)(H,17,19). The van der Waals surface area contributed by atoms with Crippen molar-refractivity contribution in [3.05, 3.63) is 23.8 Å². The molecule has 1 aromatic carbocycles. The number of carbonyl (C=O) groups excluding carboxylic acids is 2. The molecule has 0 heterocycles. The SMILES string of the molecule is CCC(CC)C(=O)Nc1cc(NC(C)=O)ccc1C. The number of rotatable bonds is 5. The number of anilines is 2. The highest BCUT2D eigenvalue weighted by molar-refractivity contribution is 5.95.